The Morgan fingerprint density at radius 1 is 1.07 bits per heavy atom. The summed E-state index contributed by atoms with van der Waals surface area (Å²) >= 11 is 0. The fourth-order valence-corrected chi connectivity index (χ4v) is 6.60. The van der Waals surface area contributed by atoms with E-state index in [1.807, 2.05) is 50.2 Å². The van der Waals surface area contributed by atoms with Gasteiger partial charge in [0.2, 0.25) is 20.0 Å². The van der Waals surface area contributed by atoms with Crippen molar-refractivity contribution in [3.05, 3.63) is 83.9 Å². The molecule has 0 aliphatic carbocycles. The number of fused-ring (bicyclic) bond motifs is 1. The Bertz CT molecular complexity index is 1630. The Balaban J connectivity index is 1.83. The van der Waals surface area contributed by atoms with E-state index < -0.39 is 47.7 Å². The van der Waals surface area contributed by atoms with Gasteiger partial charge in [-0.2, -0.15) is 22.6 Å². The zero-order chi connectivity index (χ0) is 29.5. The van der Waals surface area contributed by atoms with Crippen LogP contribution in [0.1, 0.15) is 31.4 Å². The van der Waals surface area contributed by atoms with Gasteiger partial charge in [-0.15, -0.1) is 0 Å². The molecule has 1 aliphatic rings. The van der Waals surface area contributed by atoms with Gasteiger partial charge in [-0.3, -0.25) is 5.01 Å². The number of nitrogens with one attached hydrogen (secondary N) is 1. The van der Waals surface area contributed by atoms with Crippen molar-refractivity contribution in [3.63, 3.8) is 0 Å². The molecule has 4 rings (SSSR count). The van der Waals surface area contributed by atoms with Gasteiger partial charge in [-0.25, -0.2) is 22.0 Å². The van der Waals surface area contributed by atoms with Crippen LogP contribution in [0.25, 0.3) is 0 Å². The Kier molecular flexibility index (Phi) is 8.00. The molecular formula is C26H28F3N5O4S2. The lowest BCUT2D eigenvalue weighted by molar-refractivity contribution is -0.139. The molecule has 0 bridgehead atoms. The van der Waals surface area contributed by atoms with Crippen LogP contribution in [0.2, 0.25) is 0 Å². The third-order valence-electron chi connectivity index (χ3n) is 6.34. The summed E-state index contributed by atoms with van der Waals surface area (Å²) in [6.07, 6.45) is -6.19. The smallest absolute Gasteiger partial charge is 0.367 e. The summed E-state index contributed by atoms with van der Waals surface area (Å²) in [5, 5.41) is 14.5. The molecule has 0 saturated heterocycles. The van der Waals surface area contributed by atoms with Gasteiger partial charge in [-0.05, 0) is 43.7 Å². The second-order valence-corrected chi connectivity index (χ2v) is 13.0. The van der Waals surface area contributed by atoms with Gasteiger partial charge in [0.15, 0.2) is 0 Å². The molecule has 1 heterocycles. The number of halogens is 3. The van der Waals surface area contributed by atoms with E-state index in [-0.39, 0.29) is 18.2 Å². The standard InChI is InChI=1S/C26H28F3N5O4S2/c1-17(2)34(19-12-8-5-9-13-19)32-21(18-10-6-4-7-11-18)15-25-31-22-14-20(26(27,28)29)23(39(30,35)36)16-24(22)40(37,38)33(25)3/h4-14,16-17,25,31H,15H2,1-3H3,(H2,30,35,36). The van der Waals surface area contributed by atoms with Gasteiger partial charge in [0.1, 0.15) is 4.90 Å². The number of rotatable bonds is 7. The largest absolute Gasteiger partial charge is 0.417 e. The van der Waals surface area contributed by atoms with E-state index in [9.17, 15) is 30.0 Å². The average Bonchev–Trinajstić information content (AvgIpc) is 2.88. The predicted octanol–water partition coefficient (Wildman–Crippen LogP) is 4.43. The van der Waals surface area contributed by atoms with Crippen LogP contribution in [0.5, 0.6) is 0 Å². The number of hydrogen-bond donors (Lipinski definition) is 2. The van der Waals surface area contributed by atoms with Crippen LogP contribution < -0.4 is 15.5 Å². The highest BCUT2D eigenvalue weighted by atomic mass is 32.2. The fraction of sp³-hybridized carbons (Fsp3) is 0.269. The van der Waals surface area contributed by atoms with E-state index in [1.54, 1.807) is 29.3 Å². The average molecular weight is 596 g/mol. The Labute approximate surface area is 231 Å². The first-order valence-corrected chi connectivity index (χ1v) is 15.1. The molecule has 0 aromatic heterocycles. The number of para-hydroxylation sites is 1. The third kappa shape index (κ3) is 5.99. The van der Waals surface area contributed by atoms with Crippen molar-refractivity contribution in [3.8, 4) is 0 Å². The van der Waals surface area contributed by atoms with Gasteiger partial charge in [0, 0.05) is 19.5 Å². The molecule has 3 aromatic rings. The zero-order valence-corrected chi connectivity index (χ0v) is 23.4. The van der Waals surface area contributed by atoms with E-state index in [4.69, 9.17) is 10.2 Å². The highest BCUT2D eigenvalue weighted by Crippen LogP contribution is 2.41. The van der Waals surface area contributed by atoms with Crippen molar-refractivity contribution >= 4 is 37.1 Å². The van der Waals surface area contributed by atoms with E-state index in [1.165, 1.54) is 7.05 Å². The van der Waals surface area contributed by atoms with Crippen molar-refractivity contribution < 1.29 is 30.0 Å². The highest BCUT2D eigenvalue weighted by Gasteiger charge is 2.42. The van der Waals surface area contributed by atoms with Crippen molar-refractivity contribution in [2.24, 2.45) is 10.2 Å². The number of alkyl halides is 3. The molecule has 14 heteroatoms. The van der Waals surface area contributed by atoms with E-state index in [2.05, 4.69) is 5.32 Å². The molecule has 0 radical (unpaired) electrons. The summed E-state index contributed by atoms with van der Waals surface area (Å²) in [5.41, 5.74) is -0.00800. The predicted molar refractivity (Wildman–Crippen MR) is 147 cm³/mol. The summed E-state index contributed by atoms with van der Waals surface area (Å²) < 4.78 is 93.1. The van der Waals surface area contributed by atoms with Crippen LogP contribution in [0.15, 0.2) is 87.7 Å². The van der Waals surface area contributed by atoms with Crippen molar-refractivity contribution in [2.75, 3.05) is 17.4 Å². The Morgan fingerprint density at radius 3 is 2.17 bits per heavy atom. The first-order valence-electron chi connectivity index (χ1n) is 12.1. The van der Waals surface area contributed by atoms with Crippen LogP contribution in [0.3, 0.4) is 0 Å². The molecule has 0 amide bonds. The SMILES string of the molecule is CC(C)N(N=C(CC1Nc2cc(C(F)(F)F)c(S(N)(=O)=O)cc2S(=O)(=O)N1C)c1ccccc1)c1ccccc1. The van der Waals surface area contributed by atoms with Crippen molar-refractivity contribution in [2.45, 2.75) is 48.4 Å². The minimum absolute atomic E-state index is 0.0342. The van der Waals surface area contributed by atoms with E-state index >= 15 is 0 Å². The maximum Gasteiger partial charge on any atom is 0.417 e. The molecule has 9 nitrogen and oxygen atoms in total. The highest BCUT2D eigenvalue weighted by molar-refractivity contribution is 7.90. The topological polar surface area (TPSA) is 125 Å². The maximum atomic E-state index is 13.8. The van der Waals surface area contributed by atoms with Crippen LogP contribution >= 0.6 is 0 Å². The van der Waals surface area contributed by atoms with Gasteiger partial charge >= 0.3 is 6.18 Å². The Morgan fingerprint density at radius 2 is 1.65 bits per heavy atom. The summed E-state index contributed by atoms with van der Waals surface area (Å²) in [4.78, 5) is -1.95. The van der Waals surface area contributed by atoms with E-state index in [0.29, 0.717) is 23.4 Å². The first-order chi connectivity index (χ1) is 18.6. The van der Waals surface area contributed by atoms with E-state index in [0.717, 1.165) is 9.99 Å². The number of nitrogens with zero attached hydrogens (tertiary/aromatic N) is 3. The zero-order valence-electron chi connectivity index (χ0n) is 21.8. The molecule has 1 unspecified atom stereocenters. The minimum Gasteiger partial charge on any atom is -0.367 e. The number of hydrogen-bond acceptors (Lipinski definition) is 7. The first kappa shape index (κ1) is 29.5. The molecule has 0 saturated carbocycles. The summed E-state index contributed by atoms with van der Waals surface area (Å²) in [6.45, 7) is 3.87. The molecule has 1 atom stereocenters. The lowest BCUT2D eigenvalue weighted by atomic mass is 10.1. The lowest BCUT2D eigenvalue weighted by Gasteiger charge is -2.36. The van der Waals surface area contributed by atoms with Gasteiger partial charge < -0.3 is 5.32 Å². The molecular weight excluding hydrogens is 567 g/mol. The summed E-state index contributed by atoms with van der Waals surface area (Å²) in [6, 6.07) is 19.2. The van der Waals surface area contributed by atoms with Gasteiger partial charge in [0.05, 0.1) is 33.7 Å². The number of hydrazone groups is 1. The van der Waals surface area contributed by atoms with Crippen molar-refractivity contribution in [1.29, 1.82) is 0 Å². The van der Waals surface area contributed by atoms with Gasteiger partial charge in [0.25, 0.3) is 0 Å². The number of anilines is 2. The third-order valence-corrected chi connectivity index (χ3v) is 9.20. The molecule has 40 heavy (non-hydrogen) atoms. The Hall–Kier alpha value is -3.46. The fourth-order valence-electron chi connectivity index (χ4n) is 4.33. The van der Waals surface area contributed by atoms with Crippen molar-refractivity contribution in [1.82, 2.24) is 4.31 Å². The molecule has 214 valence electrons. The summed E-state index contributed by atoms with van der Waals surface area (Å²) in [7, 11) is -8.06. The number of benzene rings is 3. The quantitative estimate of drug-likeness (QED) is 0.308. The normalized spacial score (nSPS) is 17.8. The van der Waals surface area contributed by atoms with Crippen LogP contribution in [-0.4, -0.2) is 46.1 Å². The molecule has 3 N–H and O–H groups in total. The lowest BCUT2D eigenvalue weighted by Crippen LogP contribution is -2.47. The maximum absolute atomic E-state index is 13.8. The van der Waals surface area contributed by atoms with Crippen LogP contribution in [-0.2, 0) is 26.2 Å². The molecule has 3 aromatic carbocycles. The molecule has 0 spiro atoms. The number of primary sulfonamides is 1. The van der Waals surface area contributed by atoms with Crippen LogP contribution in [0.4, 0.5) is 24.5 Å². The number of sulfonamides is 2. The van der Waals surface area contributed by atoms with Crippen LogP contribution in [0, 0.1) is 0 Å². The monoisotopic (exact) mass is 595 g/mol. The minimum atomic E-state index is -5.11. The molecule has 0 fully saturated rings. The number of nitrogens with two attached hydrogens (primary N) is 1. The summed E-state index contributed by atoms with van der Waals surface area (Å²) in [5.74, 6) is 0. The second kappa shape index (κ2) is 10.8. The molecule has 1 aliphatic heterocycles. The van der Waals surface area contributed by atoms with Gasteiger partial charge in [-0.1, -0.05) is 48.5 Å². The second-order valence-electron chi connectivity index (χ2n) is 9.46.